The molecule has 0 rings (SSSR count). The van der Waals surface area contributed by atoms with Gasteiger partial charge in [0.1, 0.15) is 0 Å². The van der Waals surface area contributed by atoms with Gasteiger partial charge < -0.3 is 9.80 Å². The van der Waals surface area contributed by atoms with Crippen molar-refractivity contribution < 1.29 is 0 Å². The van der Waals surface area contributed by atoms with E-state index in [9.17, 15) is 0 Å². The zero-order valence-electron chi connectivity index (χ0n) is 7.81. The third-order valence-electron chi connectivity index (χ3n) is 1.60. The van der Waals surface area contributed by atoms with Crippen LogP contribution < -0.4 is 0 Å². The van der Waals surface area contributed by atoms with Gasteiger partial charge in [-0.05, 0) is 34.1 Å². The van der Waals surface area contributed by atoms with E-state index < -0.39 is 0 Å². The summed E-state index contributed by atoms with van der Waals surface area (Å²) in [6, 6.07) is 0. The Labute approximate surface area is 75.1 Å². The van der Waals surface area contributed by atoms with E-state index in [0.717, 1.165) is 31.9 Å². The zero-order chi connectivity index (χ0) is 8.69. The van der Waals surface area contributed by atoms with Crippen molar-refractivity contribution in [2.75, 3.05) is 46.7 Å². The molecule has 0 N–H and O–H groups in total. The Morgan fingerprint density at radius 2 is 1.64 bits per heavy atom. The molecule has 0 heterocycles. The van der Waals surface area contributed by atoms with E-state index in [2.05, 4.69) is 30.9 Å². The van der Waals surface area contributed by atoms with Gasteiger partial charge in [0.15, 0.2) is 0 Å². The van der Waals surface area contributed by atoms with Gasteiger partial charge in [0.05, 0.1) is 0 Å². The van der Waals surface area contributed by atoms with Gasteiger partial charge in [-0.3, -0.25) is 0 Å². The standard InChI is InChI=1S/C8H19ClN2/c1-10(2)7-8-11(3)6-4-5-9/h4-8H2,1-3H3. The van der Waals surface area contributed by atoms with Crippen molar-refractivity contribution in [2.24, 2.45) is 0 Å². The fourth-order valence-electron chi connectivity index (χ4n) is 0.812. The number of hydrogen-bond acceptors (Lipinski definition) is 2. The number of alkyl halides is 1. The third-order valence-corrected chi connectivity index (χ3v) is 1.87. The van der Waals surface area contributed by atoms with Crippen LogP contribution in [0.4, 0.5) is 0 Å². The summed E-state index contributed by atoms with van der Waals surface area (Å²) in [6.07, 6.45) is 1.09. The van der Waals surface area contributed by atoms with E-state index in [1.807, 2.05) is 0 Å². The van der Waals surface area contributed by atoms with Crippen LogP contribution in [0, 0.1) is 0 Å². The fraction of sp³-hybridized carbons (Fsp3) is 1.00. The SMILES string of the molecule is CN(C)CCN(C)CCCCl. The molecule has 0 bridgehead atoms. The van der Waals surface area contributed by atoms with E-state index in [-0.39, 0.29) is 0 Å². The molecule has 68 valence electrons. The molecule has 0 aliphatic carbocycles. The molecule has 0 saturated heterocycles. The number of likely N-dealkylation sites (N-methyl/N-ethyl adjacent to an activating group) is 2. The molecule has 0 unspecified atom stereocenters. The monoisotopic (exact) mass is 178 g/mol. The van der Waals surface area contributed by atoms with Crippen molar-refractivity contribution in [3.63, 3.8) is 0 Å². The summed E-state index contributed by atoms with van der Waals surface area (Å²) in [5.74, 6) is 0.770. The summed E-state index contributed by atoms with van der Waals surface area (Å²) in [4.78, 5) is 4.50. The van der Waals surface area contributed by atoms with Crippen molar-refractivity contribution in [3.05, 3.63) is 0 Å². The van der Waals surface area contributed by atoms with Crippen LogP contribution in [0.1, 0.15) is 6.42 Å². The maximum atomic E-state index is 5.57. The first kappa shape index (κ1) is 11.2. The molecule has 11 heavy (non-hydrogen) atoms. The largest absolute Gasteiger partial charge is 0.308 e. The van der Waals surface area contributed by atoms with Crippen molar-refractivity contribution in [1.82, 2.24) is 9.80 Å². The van der Waals surface area contributed by atoms with Crippen molar-refractivity contribution in [3.8, 4) is 0 Å². The van der Waals surface area contributed by atoms with Gasteiger partial charge in [0.2, 0.25) is 0 Å². The summed E-state index contributed by atoms with van der Waals surface area (Å²) in [5, 5.41) is 0. The van der Waals surface area contributed by atoms with E-state index in [1.165, 1.54) is 0 Å². The summed E-state index contributed by atoms with van der Waals surface area (Å²) in [7, 11) is 6.32. The lowest BCUT2D eigenvalue weighted by Crippen LogP contribution is -2.29. The van der Waals surface area contributed by atoms with Crippen LogP contribution in [0.25, 0.3) is 0 Å². The lowest BCUT2D eigenvalue weighted by molar-refractivity contribution is 0.283. The first-order chi connectivity index (χ1) is 5.16. The predicted molar refractivity (Wildman–Crippen MR) is 51.4 cm³/mol. The summed E-state index contributed by atoms with van der Waals surface area (Å²) in [5.41, 5.74) is 0. The van der Waals surface area contributed by atoms with E-state index in [0.29, 0.717) is 0 Å². The Morgan fingerprint density at radius 3 is 2.09 bits per heavy atom. The lowest BCUT2D eigenvalue weighted by atomic mass is 10.4. The van der Waals surface area contributed by atoms with Crippen LogP contribution in [0.15, 0.2) is 0 Å². The molecule has 0 saturated carbocycles. The lowest BCUT2D eigenvalue weighted by Gasteiger charge is -2.18. The van der Waals surface area contributed by atoms with E-state index >= 15 is 0 Å². The Kier molecular flexibility index (Phi) is 7.02. The first-order valence-electron chi connectivity index (χ1n) is 4.06. The molecule has 0 atom stereocenters. The highest BCUT2D eigenvalue weighted by atomic mass is 35.5. The minimum atomic E-state index is 0.770. The second-order valence-corrected chi connectivity index (χ2v) is 3.53. The molecule has 0 amide bonds. The van der Waals surface area contributed by atoms with Gasteiger partial charge >= 0.3 is 0 Å². The molecular weight excluding hydrogens is 160 g/mol. The van der Waals surface area contributed by atoms with Gasteiger partial charge in [0.25, 0.3) is 0 Å². The molecule has 2 nitrogen and oxygen atoms in total. The molecule has 3 heteroatoms. The Hall–Kier alpha value is 0.210. The van der Waals surface area contributed by atoms with Crippen LogP contribution in [-0.2, 0) is 0 Å². The Balaban J connectivity index is 3.15. The molecule has 0 aromatic heterocycles. The smallest absolute Gasteiger partial charge is 0.0235 e. The number of rotatable bonds is 6. The summed E-state index contributed by atoms with van der Waals surface area (Å²) >= 11 is 5.57. The van der Waals surface area contributed by atoms with Crippen LogP contribution in [-0.4, -0.2) is 56.5 Å². The predicted octanol–water partition coefficient (Wildman–Crippen LogP) is 1.11. The van der Waals surface area contributed by atoms with Gasteiger partial charge in [-0.2, -0.15) is 0 Å². The first-order valence-corrected chi connectivity index (χ1v) is 4.59. The highest BCUT2D eigenvalue weighted by Crippen LogP contribution is 1.89. The average Bonchev–Trinajstić information content (AvgIpc) is 1.97. The minimum absolute atomic E-state index is 0.770. The van der Waals surface area contributed by atoms with Gasteiger partial charge in [-0.15, -0.1) is 11.6 Å². The summed E-state index contributed by atoms with van der Waals surface area (Å²) in [6.45, 7) is 3.36. The normalized spacial score (nSPS) is 11.5. The van der Waals surface area contributed by atoms with Crippen molar-refractivity contribution in [1.29, 1.82) is 0 Å². The second-order valence-electron chi connectivity index (χ2n) is 3.15. The molecule has 0 radical (unpaired) electrons. The molecular formula is C8H19ClN2. The maximum absolute atomic E-state index is 5.57. The zero-order valence-corrected chi connectivity index (χ0v) is 8.56. The maximum Gasteiger partial charge on any atom is 0.0235 e. The van der Waals surface area contributed by atoms with Crippen molar-refractivity contribution >= 4 is 11.6 Å². The van der Waals surface area contributed by atoms with E-state index in [1.54, 1.807) is 0 Å². The average molecular weight is 179 g/mol. The minimum Gasteiger partial charge on any atom is -0.308 e. The molecule has 0 aliphatic rings. The highest BCUT2D eigenvalue weighted by Gasteiger charge is 1.97. The second kappa shape index (κ2) is 6.89. The third kappa shape index (κ3) is 8.11. The number of halogens is 1. The molecule has 0 aromatic rings. The quantitative estimate of drug-likeness (QED) is 0.563. The Bertz CT molecular complexity index is 86.2. The summed E-state index contributed by atoms with van der Waals surface area (Å²) < 4.78 is 0. The van der Waals surface area contributed by atoms with Gasteiger partial charge in [-0.1, -0.05) is 0 Å². The molecule has 0 aliphatic heterocycles. The number of nitrogens with zero attached hydrogens (tertiary/aromatic N) is 2. The molecule has 0 spiro atoms. The molecule has 0 fully saturated rings. The molecule has 0 aromatic carbocycles. The van der Waals surface area contributed by atoms with Gasteiger partial charge in [0, 0.05) is 19.0 Å². The van der Waals surface area contributed by atoms with Crippen LogP contribution in [0.2, 0.25) is 0 Å². The van der Waals surface area contributed by atoms with E-state index in [4.69, 9.17) is 11.6 Å². The highest BCUT2D eigenvalue weighted by molar-refractivity contribution is 6.17. The van der Waals surface area contributed by atoms with Crippen molar-refractivity contribution in [2.45, 2.75) is 6.42 Å². The topological polar surface area (TPSA) is 6.48 Å². The number of hydrogen-bond donors (Lipinski definition) is 0. The van der Waals surface area contributed by atoms with Crippen LogP contribution in [0.3, 0.4) is 0 Å². The van der Waals surface area contributed by atoms with Crippen LogP contribution in [0.5, 0.6) is 0 Å². The Morgan fingerprint density at radius 1 is 1.00 bits per heavy atom. The van der Waals surface area contributed by atoms with Gasteiger partial charge in [-0.25, -0.2) is 0 Å². The van der Waals surface area contributed by atoms with Crippen LogP contribution >= 0.6 is 11.6 Å². The fourth-order valence-corrected chi connectivity index (χ4v) is 0.932.